The minimum Gasteiger partial charge on any atom is -0.361 e. The first kappa shape index (κ1) is 27.7. The molecule has 1 aliphatic heterocycles. The van der Waals surface area contributed by atoms with Gasteiger partial charge in [-0.3, -0.25) is 4.79 Å². The maximum Gasteiger partial charge on any atom is 0.315 e. The van der Waals surface area contributed by atoms with E-state index in [1.54, 1.807) is 0 Å². The van der Waals surface area contributed by atoms with E-state index in [9.17, 15) is 9.59 Å². The van der Waals surface area contributed by atoms with Crippen LogP contribution in [0, 0.1) is 5.92 Å². The number of H-pyrrole nitrogens is 1. The van der Waals surface area contributed by atoms with Crippen LogP contribution in [0.4, 0.5) is 10.5 Å². The number of aromatic amines is 1. The first-order chi connectivity index (χ1) is 19.3. The van der Waals surface area contributed by atoms with Gasteiger partial charge in [-0.15, -0.1) is 0 Å². The Labute approximate surface area is 240 Å². The van der Waals surface area contributed by atoms with E-state index in [4.69, 9.17) is 11.6 Å². The zero-order valence-electron chi connectivity index (χ0n) is 23.2. The van der Waals surface area contributed by atoms with Crippen LogP contribution in [0.2, 0.25) is 5.02 Å². The van der Waals surface area contributed by atoms with E-state index in [0.29, 0.717) is 18.1 Å². The maximum atomic E-state index is 14.5. The summed E-state index contributed by atoms with van der Waals surface area (Å²) in [4.78, 5) is 35.0. The smallest absolute Gasteiger partial charge is 0.315 e. The third-order valence-corrected chi connectivity index (χ3v) is 7.87. The van der Waals surface area contributed by atoms with Gasteiger partial charge in [-0.05, 0) is 67.4 Å². The third-order valence-electron chi connectivity index (χ3n) is 7.63. The van der Waals surface area contributed by atoms with Crippen molar-refractivity contribution in [2.24, 2.45) is 5.92 Å². The van der Waals surface area contributed by atoms with Crippen LogP contribution >= 0.6 is 11.6 Å². The van der Waals surface area contributed by atoms with Gasteiger partial charge in [0.1, 0.15) is 6.04 Å². The number of anilines is 1. The molecular weight excluding hydrogens is 522 g/mol. The molecule has 0 bridgehead atoms. The fraction of sp³-hybridized carbons (Fsp3) is 0.312. The molecule has 0 saturated heterocycles. The first-order valence-corrected chi connectivity index (χ1v) is 14.1. The summed E-state index contributed by atoms with van der Waals surface area (Å²) < 4.78 is 0. The number of rotatable bonds is 8. The minimum atomic E-state index is -0.795. The molecule has 0 radical (unpaired) electrons. The van der Waals surface area contributed by atoms with Crippen LogP contribution < -0.4 is 15.5 Å². The molecule has 5 rings (SSSR count). The summed E-state index contributed by atoms with van der Waals surface area (Å²) in [7, 11) is 4.08. The summed E-state index contributed by atoms with van der Waals surface area (Å²) >= 11 is 6.36. The Morgan fingerprint density at radius 1 is 1.07 bits per heavy atom. The van der Waals surface area contributed by atoms with E-state index in [0.717, 1.165) is 46.2 Å². The van der Waals surface area contributed by atoms with Gasteiger partial charge in [-0.1, -0.05) is 67.1 Å². The SMILES string of the molecule is CC(c1c[nH]c2ccccc12)C(NC(=O)NCc1ccccc1)C(=O)N1C[C@@H](CN(C)C)Cc2cc(Cl)ccc21. The fourth-order valence-electron chi connectivity index (χ4n) is 5.75. The lowest BCUT2D eigenvalue weighted by atomic mass is 9.88. The largest absolute Gasteiger partial charge is 0.361 e. The summed E-state index contributed by atoms with van der Waals surface area (Å²) in [5.74, 6) is -0.198. The Balaban J connectivity index is 1.47. The second-order valence-corrected chi connectivity index (χ2v) is 11.4. The van der Waals surface area contributed by atoms with Crippen molar-refractivity contribution >= 4 is 40.1 Å². The molecule has 4 aromatic rings. The highest BCUT2D eigenvalue weighted by molar-refractivity contribution is 6.30. The Kier molecular flexibility index (Phi) is 8.43. The summed E-state index contributed by atoms with van der Waals surface area (Å²) in [6.45, 7) is 3.77. The molecule has 208 valence electrons. The number of halogens is 1. The van der Waals surface area contributed by atoms with Crippen molar-refractivity contribution in [3.8, 4) is 0 Å². The molecule has 8 heteroatoms. The number of hydrogen-bond acceptors (Lipinski definition) is 3. The van der Waals surface area contributed by atoms with Gasteiger partial charge in [0.25, 0.3) is 0 Å². The van der Waals surface area contributed by atoms with Gasteiger partial charge in [-0.2, -0.15) is 0 Å². The van der Waals surface area contributed by atoms with Gasteiger partial charge >= 0.3 is 6.03 Å². The highest BCUT2D eigenvalue weighted by Gasteiger charge is 2.37. The van der Waals surface area contributed by atoms with E-state index >= 15 is 0 Å². The number of carbonyl (C=O) groups is 2. The maximum absolute atomic E-state index is 14.5. The van der Waals surface area contributed by atoms with E-state index in [2.05, 4.69) is 20.5 Å². The molecular formula is C32H36ClN5O2. The highest BCUT2D eigenvalue weighted by atomic mass is 35.5. The molecule has 1 aliphatic rings. The van der Waals surface area contributed by atoms with Gasteiger partial charge < -0.3 is 25.4 Å². The standard InChI is InChI=1S/C32H36ClN5O2/c1-21(27-18-34-28-12-8-7-11-26(27)28)30(36-32(40)35-17-22-9-5-4-6-10-22)31(39)38-20-23(19-37(2)3)15-24-16-25(33)13-14-29(24)38/h4-14,16,18,21,23,30,34H,15,17,19-20H2,1-3H3,(H2,35,36,40)/t21?,23-,30?/m1/s1. The van der Waals surface area contributed by atoms with Crippen molar-refractivity contribution in [2.75, 3.05) is 32.1 Å². The summed E-state index contributed by atoms with van der Waals surface area (Å²) in [6, 6.07) is 22.3. The number of benzene rings is 3. The van der Waals surface area contributed by atoms with Crippen LogP contribution in [-0.2, 0) is 17.8 Å². The molecule has 40 heavy (non-hydrogen) atoms. The van der Waals surface area contributed by atoms with E-state index in [-0.39, 0.29) is 23.8 Å². The number of amides is 3. The molecule has 2 unspecified atom stereocenters. The number of urea groups is 1. The van der Waals surface area contributed by atoms with Crippen molar-refractivity contribution < 1.29 is 9.59 Å². The van der Waals surface area contributed by atoms with Crippen LogP contribution in [0.25, 0.3) is 10.9 Å². The lowest BCUT2D eigenvalue weighted by Crippen LogP contribution is -2.55. The minimum absolute atomic E-state index is 0.139. The quantitative estimate of drug-likeness (QED) is 0.265. The molecule has 0 fully saturated rings. The first-order valence-electron chi connectivity index (χ1n) is 13.7. The van der Waals surface area contributed by atoms with Crippen LogP contribution in [-0.4, -0.2) is 55.0 Å². The van der Waals surface area contributed by atoms with Crippen LogP contribution in [0.3, 0.4) is 0 Å². The van der Waals surface area contributed by atoms with E-state index < -0.39 is 6.04 Å². The van der Waals surface area contributed by atoms with Gasteiger partial charge in [0.2, 0.25) is 5.91 Å². The number of para-hydroxylation sites is 1. The Morgan fingerprint density at radius 3 is 2.60 bits per heavy atom. The fourth-order valence-corrected chi connectivity index (χ4v) is 5.94. The number of carbonyl (C=O) groups excluding carboxylic acids is 2. The number of aromatic nitrogens is 1. The Morgan fingerprint density at radius 2 is 1.82 bits per heavy atom. The van der Waals surface area contributed by atoms with Crippen molar-refractivity contribution in [3.63, 3.8) is 0 Å². The van der Waals surface area contributed by atoms with Gasteiger partial charge in [0, 0.05) is 53.4 Å². The summed E-state index contributed by atoms with van der Waals surface area (Å²) in [5, 5.41) is 7.67. The van der Waals surface area contributed by atoms with Crippen LogP contribution in [0.1, 0.15) is 29.5 Å². The predicted molar refractivity (Wildman–Crippen MR) is 162 cm³/mol. The van der Waals surface area contributed by atoms with E-state index in [1.165, 1.54) is 0 Å². The van der Waals surface area contributed by atoms with Gasteiger partial charge in [0.15, 0.2) is 0 Å². The number of nitrogens with zero attached hydrogens (tertiary/aromatic N) is 2. The molecule has 3 amide bonds. The van der Waals surface area contributed by atoms with Crippen molar-refractivity contribution in [2.45, 2.75) is 31.8 Å². The Bertz CT molecular complexity index is 1490. The lowest BCUT2D eigenvalue weighted by molar-refractivity contribution is -0.121. The van der Waals surface area contributed by atoms with Crippen molar-refractivity contribution in [3.05, 3.63) is 101 Å². The highest BCUT2D eigenvalue weighted by Crippen LogP contribution is 2.35. The summed E-state index contributed by atoms with van der Waals surface area (Å²) in [6.07, 6.45) is 2.78. The average Bonchev–Trinajstić information content (AvgIpc) is 3.38. The van der Waals surface area contributed by atoms with Crippen molar-refractivity contribution in [1.29, 1.82) is 0 Å². The molecule has 0 spiro atoms. The summed E-state index contributed by atoms with van der Waals surface area (Å²) in [5.41, 5.74) is 4.86. The molecule has 0 saturated carbocycles. The zero-order valence-corrected chi connectivity index (χ0v) is 23.9. The molecule has 3 N–H and O–H groups in total. The monoisotopic (exact) mass is 557 g/mol. The lowest BCUT2D eigenvalue weighted by Gasteiger charge is -2.38. The molecule has 1 aromatic heterocycles. The van der Waals surface area contributed by atoms with Crippen LogP contribution in [0.5, 0.6) is 0 Å². The molecule has 0 aliphatic carbocycles. The van der Waals surface area contributed by atoms with Crippen LogP contribution in [0.15, 0.2) is 79.0 Å². The van der Waals surface area contributed by atoms with Gasteiger partial charge in [0.05, 0.1) is 0 Å². The number of fused-ring (bicyclic) bond motifs is 2. The molecule has 3 atom stereocenters. The van der Waals surface area contributed by atoms with Gasteiger partial charge in [-0.25, -0.2) is 4.79 Å². The normalized spacial score (nSPS) is 16.4. The Hall–Kier alpha value is -3.81. The average molecular weight is 558 g/mol. The molecule has 2 heterocycles. The number of hydrogen-bond donors (Lipinski definition) is 3. The predicted octanol–water partition coefficient (Wildman–Crippen LogP) is 5.56. The van der Waals surface area contributed by atoms with E-state index in [1.807, 2.05) is 105 Å². The molecule has 3 aromatic carbocycles. The second kappa shape index (κ2) is 12.1. The zero-order chi connectivity index (χ0) is 28.2. The topological polar surface area (TPSA) is 80.5 Å². The molecule has 7 nitrogen and oxygen atoms in total. The second-order valence-electron chi connectivity index (χ2n) is 10.9. The third kappa shape index (κ3) is 6.16. The van der Waals surface area contributed by atoms with Crippen molar-refractivity contribution in [1.82, 2.24) is 20.5 Å². The number of nitrogens with one attached hydrogen (secondary N) is 3.